The Labute approximate surface area is 175 Å². The summed E-state index contributed by atoms with van der Waals surface area (Å²) in [5, 5.41) is 2.18. The van der Waals surface area contributed by atoms with E-state index in [9.17, 15) is 31.1 Å². The molecule has 0 unspecified atom stereocenters. The van der Waals surface area contributed by atoms with Crippen LogP contribution in [0.3, 0.4) is 0 Å². The fourth-order valence-corrected chi connectivity index (χ4v) is 3.34. The number of amides is 2. The zero-order chi connectivity index (χ0) is 22.6. The van der Waals surface area contributed by atoms with Crippen molar-refractivity contribution in [1.82, 2.24) is 9.80 Å². The van der Waals surface area contributed by atoms with Crippen molar-refractivity contribution in [1.29, 1.82) is 0 Å². The van der Waals surface area contributed by atoms with Gasteiger partial charge in [-0.2, -0.15) is 26.3 Å². The van der Waals surface area contributed by atoms with Crippen LogP contribution >= 0.6 is 0 Å². The van der Waals surface area contributed by atoms with E-state index in [0.717, 1.165) is 13.0 Å². The molecule has 0 spiro atoms. The smallest absolute Gasteiger partial charge is 0.322 e. The van der Waals surface area contributed by atoms with Gasteiger partial charge in [-0.3, -0.25) is 4.90 Å². The molecular weight excluding hydrogens is 424 g/mol. The Morgan fingerprint density at radius 2 is 1.39 bits per heavy atom. The highest BCUT2D eigenvalue weighted by Gasteiger charge is 2.37. The predicted molar refractivity (Wildman–Crippen MR) is 104 cm³/mol. The Kier molecular flexibility index (Phi) is 6.78. The number of carbonyl (C=O) groups excluding carboxylic acids is 1. The molecule has 0 atom stereocenters. The molecule has 1 saturated heterocycles. The van der Waals surface area contributed by atoms with Crippen LogP contribution in [0.4, 0.5) is 36.8 Å². The first-order valence-corrected chi connectivity index (χ1v) is 9.64. The molecule has 0 bridgehead atoms. The van der Waals surface area contributed by atoms with Gasteiger partial charge in [0.15, 0.2) is 0 Å². The Morgan fingerprint density at radius 3 is 1.90 bits per heavy atom. The first-order chi connectivity index (χ1) is 14.5. The number of hydrogen-bond acceptors (Lipinski definition) is 2. The molecular formula is C21H21F6N3O. The monoisotopic (exact) mass is 445 g/mol. The van der Waals surface area contributed by atoms with Gasteiger partial charge in [0.2, 0.25) is 0 Å². The van der Waals surface area contributed by atoms with Gasteiger partial charge in [0, 0.05) is 38.4 Å². The lowest BCUT2D eigenvalue weighted by molar-refractivity contribution is -0.143. The fourth-order valence-electron chi connectivity index (χ4n) is 3.34. The van der Waals surface area contributed by atoms with Gasteiger partial charge >= 0.3 is 18.4 Å². The molecule has 0 saturated carbocycles. The van der Waals surface area contributed by atoms with E-state index >= 15 is 0 Å². The molecule has 0 radical (unpaired) electrons. The van der Waals surface area contributed by atoms with E-state index in [-0.39, 0.29) is 6.07 Å². The summed E-state index contributed by atoms with van der Waals surface area (Å²) in [5.41, 5.74) is -2.29. The summed E-state index contributed by atoms with van der Waals surface area (Å²) >= 11 is 0. The lowest BCUT2D eigenvalue weighted by Gasteiger charge is -2.34. The van der Waals surface area contributed by atoms with Crippen LogP contribution in [0.5, 0.6) is 0 Å². The lowest BCUT2D eigenvalue weighted by Crippen LogP contribution is -2.50. The Balaban J connectivity index is 1.59. The van der Waals surface area contributed by atoms with Crippen molar-refractivity contribution in [2.45, 2.75) is 18.8 Å². The van der Waals surface area contributed by atoms with E-state index < -0.39 is 35.2 Å². The highest BCUT2D eigenvalue weighted by Crippen LogP contribution is 2.37. The van der Waals surface area contributed by atoms with E-state index in [2.05, 4.69) is 10.2 Å². The summed E-state index contributed by atoms with van der Waals surface area (Å²) in [6.07, 6.45) is -9.09. The first-order valence-electron chi connectivity index (χ1n) is 9.64. The number of piperazine rings is 1. The summed E-state index contributed by atoms with van der Waals surface area (Å²) in [7, 11) is 0. The largest absolute Gasteiger partial charge is 0.416 e. The second kappa shape index (κ2) is 9.17. The molecule has 4 nitrogen and oxygen atoms in total. The molecule has 10 heteroatoms. The normalized spacial score (nSPS) is 15.7. The number of rotatable bonds is 4. The maximum atomic E-state index is 13.0. The summed E-state index contributed by atoms with van der Waals surface area (Å²) in [6, 6.07) is 10.2. The van der Waals surface area contributed by atoms with Crippen LogP contribution in [0.15, 0.2) is 48.5 Å². The zero-order valence-electron chi connectivity index (χ0n) is 16.4. The minimum Gasteiger partial charge on any atom is -0.322 e. The van der Waals surface area contributed by atoms with Gasteiger partial charge in [0.05, 0.1) is 11.1 Å². The number of anilines is 1. The van der Waals surface area contributed by atoms with Crippen molar-refractivity contribution < 1.29 is 31.1 Å². The SMILES string of the molecule is O=C(Nc1cc(C(F)(F)F)cc(C(F)(F)F)c1)N1CCN(CCc2ccccc2)CC1. The summed E-state index contributed by atoms with van der Waals surface area (Å²) in [5.74, 6) is 0. The van der Waals surface area contributed by atoms with E-state index in [1.165, 1.54) is 10.5 Å². The molecule has 1 aliphatic heterocycles. The molecule has 1 N–H and O–H groups in total. The van der Waals surface area contributed by atoms with Gasteiger partial charge in [0.25, 0.3) is 0 Å². The third-order valence-corrected chi connectivity index (χ3v) is 5.06. The van der Waals surface area contributed by atoms with E-state index in [1.54, 1.807) is 0 Å². The molecule has 2 aromatic carbocycles. The Hall–Kier alpha value is -2.75. The molecule has 1 fully saturated rings. The van der Waals surface area contributed by atoms with Crippen LogP contribution in [0, 0.1) is 0 Å². The molecule has 31 heavy (non-hydrogen) atoms. The van der Waals surface area contributed by atoms with Gasteiger partial charge < -0.3 is 10.2 Å². The van der Waals surface area contributed by atoms with E-state index in [0.29, 0.717) is 38.3 Å². The van der Waals surface area contributed by atoms with Crippen LogP contribution in [-0.4, -0.2) is 48.6 Å². The van der Waals surface area contributed by atoms with Gasteiger partial charge in [-0.15, -0.1) is 0 Å². The summed E-state index contributed by atoms with van der Waals surface area (Å²) in [4.78, 5) is 15.9. The third kappa shape index (κ3) is 6.36. The number of urea groups is 1. The zero-order valence-corrected chi connectivity index (χ0v) is 16.4. The fraction of sp³-hybridized carbons (Fsp3) is 0.381. The van der Waals surface area contributed by atoms with Crippen LogP contribution in [-0.2, 0) is 18.8 Å². The highest BCUT2D eigenvalue weighted by atomic mass is 19.4. The molecule has 1 aliphatic rings. The summed E-state index contributed by atoms with van der Waals surface area (Å²) < 4.78 is 77.8. The average Bonchev–Trinajstić information content (AvgIpc) is 2.72. The van der Waals surface area contributed by atoms with Crippen molar-refractivity contribution in [3.63, 3.8) is 0 Å². The summed E-state index contributed by atoms with van der Waals surface area (Å²) in [6.45, 7) is 2.58. The van der Waals surface area contributed by atoms with Crippen molar-refractivity contribution in [2.24, 2.45) is 0 Å². The molecule has 168 valence electrons. The van der Waals surface area contributed by atoms with Crippen LogP contribution in [0.25, 0.3) is 0 Å². The third-order valence-electron chi connectivity index (χ3n) is 5.06. The van der Waals surface area contributed by atoms with Gasteiger partial charge in [-0.25, -0.2) is 4.79 Å². The van der Waals surface area contributed by atoms with Crippen molar-refractivity contribution >= 4 is 11.7 Å². The van der Waals surface area contributed by atoms with Crippen LogP contribution < -0.4 is 5.32 Å². The second-order valence-corrected chi connectivity index (χ2v) is 7.29. The molecule has 2 aromatic rings. The van der Waals surface area contributed by atoms with Crippen molar-refractivity contribution in [2.75, 3.05) is 38.0 Å². The number of nitrogens with one attached hydrogen (secondary N) is 1. The highest BCUT2D eigenvalue weighted by molar-refractivity contribution is 5.89. The number of halogens is 6. The van der Waals surface area contributed by atoms with Gasteiger partial charge in [0.1, 0.15) is 0 Å². The average molecular weight is 445 g/mol. The molecule has 0 aliphatic carbocycles. The van der Waals surface area contributed by atoms with Gasteiger partial charge in [-0.05, 0) is 30.2 Å². The molecule has 1 heterocycles. The minimum absolute atomic E-state index is 0.0289. The quantitative estimate of drug-likeness (QED) is 0.664. The van der Waals surface area contributed by atoms with Crippen LogP contribution in [0.1, 0.15) is 16.7 Å². The maximum absolute atomic E-state index is 13.0. The number of hydrogen-bond donors (Lipinski definition) is 1. The van der Waals surface area contributed by atoms with E-state index in [4.69, 9.17) is 0 Å². The molecule has 0 aromatic heterocycles. The number of benzene rings is 2. The lowest BCUT2D eigenvalue weighted by atomic mass is 10.1. The number of nitrogens with zero attached hydrogens (tertiary/aromatic N) is 2. The topological polar surface area (TPSA) is 35.6 Å². The molecule has 3 rings (SSSR count). The Bertz CT molecular complexity index is 858. The van der Waals surface area contributed by atoms with E-state index in [1.807, 2.05) is 30.3 Å². The van der Waals surface area contributed by atoms with Crippen molar-refractivity contribution in [3.8, 4) is 0 Å². The second-order valence-electron chi connectivity index (χ2n) is 7.29. The number of alkyl halides is 6. The predicted octanol–water partition coefficient (Wildman–Crippen LogP) is 5.12. The maximum Gasteiger partial charge on any atom is 0.416 e. The Morgan fingerprint density at radius 1 is 0.839 bits per heavy atom. The molecule has 2 amide bonds. The first kappa shape index (κ1) is 22.9. The number of carbonyl (C=O) groups is 1. The van der Waals surface area contributed by atoms with Gasteiger partial charge in [-0.1, -0.05) is 30.3 Å². The van der Waals surface area contributed by atoms with Crippen LogP contribution in [0.2, 0.25) is 0 Å². The minimum atomic E-state index is -4.97. The van der Waals surface area contributed by atoms with Crippen molar-refractivity contribution in [3.05, 3.63) is 65.2 Å². The standard InChI is InChI=1S/C21H21F6N3O/c22-20(23,24)16-12-17(21(25,26)27)14-18(13-16)28-19(31)30-10-8-29(9-11-30)7-6-15-4-2-1-3-5-15/h1-5,12-14H,6-11H2,(H,28,31).